The molecule has 162 valence electrons. The van der Waals surface area contributed by atoms with Crippen molar-refractivity contribution in [2.45, 2.75) is 25.4 Å². The van der Waals surface area contributed by atoms with Crippen LogP contribution in [0.1, 0.15) is 22.4 Å². The summed E-state index contributed by atoms with van der Waals surface area (Å²) in [5.74, 6) is -0.923. The molecule has 1 aromatic heterocycles. The number of nitrogens with zero attached hydrogens (tertiary/aromatic N) is 1. The molecule has 2 N–H and O–H groups in total. The monoisotopic (exact) mass is 491 g/mol. The summed E-state index contributed by atoms with van der Waals surface area (Å²) in [5, 5.41) is 4.20. The molecule has 2 aliphatic heterocycles. The molecule has 4 rings (SSSR count). The predicted octanol–water partition coefficient (Wildman–Crippen LogP) is 3.30. The number of anilines is 1. The van der Waals surface area contributed by atoms with Gasteiger partial charge in [-0.15, -0.1) is 23.7 Å². The standard InChI is InChI=1S/C19H19ClFN3O3S2.ClH/c20-18-2-1-14(28-18)5-8-29(26,27)23-16-4-7-24(19(16)25)17-10-12-3-6-22-11-13(12)9-15(17)21;/h1-2,5,8-10,16,22-23H,3-4,6-7,11H2;1H/t16-;/m0./s1. The number of rotatable bonds is 5. The fraction of sp³-hybridized carbons (Fsp3) is 0.316. The van der Waals surface area contributed by atoms with E-state index < -0.39 is 27.8 Å². The van der Waals surface area contributed by atoms with E-state index in [9.17, 15) is 17.6 Å². The Hall–Kier alpha value is -1.49. The lowest BCUT2D eigenvalue weighted by atomic mass is 9.99. The van der Waals surface area contributed by atoms with Crippen LogP contribution in [-0.2, 0) is 27.8 Å². The summed E-state index contributed by atoms with van der Waals surface area (Å²) >= 11 is 7.08. The molecule has 11 heteroatoms. The molecule has 0 spiro atoms. The van der Waals surface area contributed by atoms with Crippen molar-refractivity contribution in [1.29, 1.82) is 0 Å². The van der Waals surface area contributed by atoms with Crippen LogP contribution in [0.2, 0.25) is 4.34 Å². The van der Waals surface area contributed by atoms with Crippen LogP contribution in [0, 0.1) is 5.82 Å². The van der Waals surface area contributed by atoms with Gasteiger partial charge in [-0.3, -0.25) is 4.79 Å². The lowest BCUT2D eigenvalue weighted by Crippen LogP contribution is -2.41. The van der Waals surface area contributed by atoms with E-state index in [4.69, 9.17) is 11.6 Å². The minimum atomic E-state index is -3.83. The molecule has 0 radical (unpaired) electrons. The fourth-order valence-corrected chi connectivity index (χ4v) is 5.61. The predicted molar refractivity (Wildman–Crippen MR) is 120 cm³/mol. The van der Waals surface area contributed by atoms with E-state index in [-0.39, 0.29) is 31.1 Å². The van der Waals surface area contributed by atoms with E-state index >= 15 is 0 Å². The number of benzene rings is 1. The first-order valence-corrected chi connectivity index (χ1v) is 11.9. The van der Waals surface area contributed by atoms with Gasteiger partial charge in [0.25, 0.3) is 0 Å². The maximum Gasteiger partial charge on any atom is 0.245 e. The number of carbonyl (C=O) groups is 1. The zero-order valence-corrected chi connectivity index (χ0v) is 18.9. The Morgan fingerprint density at radius 1 is 1.30 bits per heavy atom. The number of hydrogen-bond acceptors (Lipinski definition) is 5. The lowest BCUT2D eigenvalue weighted by molar-refractivity contribution is -0.118. The summed E-state index contributed by atoms with van der Waals surface area (Å²) in [6.07, 6.45) is 2.46. The zero-order chi connectivity index (χ0) is 20.6. The lowest BCUT2D eigenvalue weighted by Gasteiger charge is -2.23. The third-order valence-electron chi connectivity index (χ3n) is 4.96. The first-order valence-electron chi connectivity index (χ1n) is 9.11. The van der Waals surface area contributed by atoms with Crippen molar-refractivity contribution in [3.63, 3.8) is 0 Å². The van der Waals surface area contributed by atoms with E-state index in [0.29, 0.717) is 15.8 Å². The molecular weight excluding hydrogens is 472 g/mol. The van der Waals surface area contributed by atoms with Gasteiger partial charge in [-0.2, -0.15) is 4.72 Å². The Bertz CT molecular complexity index is 1090. The molecule has 1 saturated heterocycles. The number of fused-ring (bicyclic) bond motifs is 1. The molecule has 30 heavy (non-hydrogen) atoms. The highest BCUT2D eigenvalue weighted by Crippen LogP contribution is 2.29. The number of halogens is 3. The third-order valence-corrected chi connectivity index (χ3v) is 7.27. The van der Waals surface area contributed by atoms with Gasteiger partial charge in [0, 0.05) is 23.4 Å². The minimum absolute atomic E-state index is 0. The molecule has 1 amide bonds. The number of sulfonamides is 1. The molecule has 2 aliphatic rings. The number of carbonyl (C=O) groups excluding carboxylic acids is 1. The third kappa shape index (κ3) is 5.04. The van der Waals surface area contributed by atoms with E-state index in [0.717, 1.165) is 29.5 Å². The van der Waals surface area contributed by atoms with Crippen LogP contribution in [0.5, 0.6) is 0 Å². The molecule has 0 unspecified atom stereocenters. The van der Waals surface area contributed by atoms with Gasteiger partial charge in [-0.05, 0) is 60.9 Å². The van der Waals surface area contributed by atoms with Crippen LogP contribution >= 0.6 is 35.3 Å². The summed E-state index contributed by atoms with van der Waals surface area (Å²) in [5.41, 5.74) is 2.11. The topological polar surface area (TPSA) is 78.5 Å². The SMILES string of the molecule is Cl.O=C1[C@@H](NS(=O)(=O)C=Cc2ccc(Cl)s2)CCN1c1cc2c(cc1F)CNCC2. The average Bonchev–Trinajstić information content (AvgIpc) is 3.25. The second-order valence-electron chi connectivity index (χ2n) is 6.94. The molecule has 0 saturated carbocycles. The van der Waals surface area contributed by atoms with Gasteiger partial charge in [0.05, 0.1) is 10.0 Å². The molecule has 3 heterocycles. The van der Waals surface area contributed by atoms with Crippen molar-refractivity contribution in [3.05, 3.63) is 55.8 Å². The second kappa shape index (κ2) is 9.33. The van der Waals surface area contributed by atoms with Crippen LogP contribution in [-0.4, -0.2) is 33.5 Å². The summed E-state index contributed by atoms with van der Waals surface area (Å²) in [4.78, 5) is 14.8. The summed E-state index contributed by atoms with van der Waals surface area (Å²) < 4.78 is 42.2. The number of amides is 1. The van der Waals surface area contributed by atoms with Gasteiger partial charge < -0.3 is 10.2 Å². The average molecular weight is 492 g/mol. The highest BCUT2D eigenvalue weighted by atomic mass is 35.5. The summed E-state index contributed by atoms with van der Waals surface area (Å²) in [7, 11) is -3.83. The van der Waals surface area contributed by atoms with Gasteiger partial charge in [-0.1, -0.05) is 11.6 Å². The Morgan fingerprint density at radius 3 is 2.83 bits per heavy atom. The van der Waals surface area contributed by atoms with Crippen molar-refractivity contribution >= 4 is 63.0 Å². The zero-order valence-electron chi connectivity index (χ0n) is 15.7. The minimum Gasteiger partial charge on any atom is -0.312 e. The van der Waals surface area contributed by atoms with E-state index in [1.54, 1.807) is 18.2 Å². The molecule has 0 aliphatic carbocycles. The van der Waals surface area contributed by atoms with E-state index in [1.165, 1.54) is 28.4 Å². The van der Waals surface area contributed by atoms with E-state index in [1.807, 2.05) is 0 Å². The highest BCUT2D eigenvalue weighted by Gasteiger charge is 2.36. The van der Waals surface area contributed by atoms with E-state index in [2.05, 4.69) is 10.0 Å². The molecular formula is C19H20Cl2FN3O3S2. The first-order chi connectivity index (χ1) is 13.8. The quantitative estimate of drug-likeness (QED) is 0.672. The highest BCUT2D eigenvalue weighted by molar-refractivity contribution is 7.92. The summed E-state index contributed by atoms with van der Waals surface area (Å²) in [6, 6.07) is 5.62. The molecule has 0 bridgehead atoms. The Balaban J connectivity index is 0.00000256. The normalized spacial score (nSPS) is 19.2. The maximum atomic E-state index is 14.6. The largest absolute Gasteiger partial charge is 0.312 e. The number of thiophene rings is 1. The molecule has 1 aromatic carbocycles. The number of hydrogen-bond donors (Lipinski definition) is 2. The van der Waals surface area contributed by atoms with Gasteiger partial charge in [0.2, 0.25) is 15.9 Å². The van der Waals surface area contributed by atoms with Gasteiger partial charge in [0.1, 0.15) is 11.9 Å². The summed E-state index contributed by atoms with van der Waals surface area (Å²) in [6.45, 7) is 1.66. The smallest absolute Gasteiger partial charge is 0.245 e. The fourth-order valence-electron chi connectivity index (χ4n) is 3.54. The Labute approximate surface area is 189 Å². The van der Waals surface area contributed by atoms with Crippen molar-refractivity contribution in [3.8, 4) is 0 Å². The van der Waals surface area contributed by atoms with Crippen molar-refractivity contribution < 1.29 is 17.6 Å². The molecule has 2 aromatic rings. The Kier molecular flexibility index (Phi) is 7.21. The molecule has 1 fully saturated rings. The van der Waals surface area contributed by atoms with Gasteiger partial charge in [-0.25, -0.2) is 12.8 Å². The van der Waals surface area contributed by atoms with Crippen molar-refractivity contribution in [2.24, 2.45) is 0 Å². The number of nitrogens with one attached hydrogen (secondary N) is 2. The Morgan fingerprint density at radius 2 is 2.10 bits per heavy atom. The first kappa shape index (κ1) is 23.2. The van der Waals surface area contributed by atoms with Crippen molar-refractivity contribution in [2.75, 3.05) is 18.0 Å². The second-order valence-corrected chi connectivity index (χ2v) is 10.3. The van der Waals surface area contributed by atoms with Crippen LogP contribution in [0.15, 0.2) is 29.7 Å². The van der Waals surface area contributed by atoms with Crippen LogP contribution in [0.3, 0.4) is 0 Å². The maximum absolute atomic E-state index is 14.6. The van der Waals surface area contributed by atoms with Gasteiger partial charge >= 0.3 is 0 Å². The molecule has 6 nitrogen and oxygen atoms in total. The molecule has 1 atom stereocenters. The van der Waals surface area contributed by atoms with Crippen LogP contribution in [0.4, 0.5) is 10.1 Å². The van der Waals surface area contributed by atoms with Crippen LogP contribution in [0.25, 0.3) is 6.08 Å². The van der Waals surface area contributed by atoms with Crippen LogP contribution < -0.4 is 14.9 Å². The van der Waals surface area contributed by atoms with Crippen molar-refractivity contribution in [1.82, 2.24) is 10.0 Å². The van der Waals surface area contributed by atoms with Gasteiger partial charge in [0.15, 0.2) is 0 Å².